The maximum atomic E-state index is 11.4. The van der Waals surface area contributed by atoms with Crippen LogP contribution in [0.15, 0.2) is 29.2 Å². The summed E-state index contributed by atoms with van der Waals surface area (Å²) in [4.78, 5) is 14.8. The molecule has 0 fully saturated rings. The van der Waals surface area contributed by atoms with Crippen LogP contribution in [0, 0.1) is 0 Å². The van der Waals surface area contributed by atoms with Gasteiger partial charge in [0.1, 0.15) is 0 Å². The quantitative estimate of drug-likeness (QED) is 0.561. The molecule has 0 spiro atoms. The highest BCUT2D eigenvalue weighted by atomic mass is 32.2. The molecular weight excluding hydrogens is 246 g/mol. The second-order valence-electron chi connectivity index (χ2n) is 3.96. The molecule has 18 heavy (non-hydrogen) atoms. The topological polar surface area (TPSA) is 29.5 Å². The van der Waals surface area contributed by atoms with Crippen molar-refractivity contribution in [2.75, 3.05) is 26.0 Å². The lowest BCUT2D eigenvalue weighted by Gasteiger charge is -2.19. The van der Waals surface area contributed by atoms with E-state index in [1.165, 1.54) is 10.5 Å². The average Bonchev–Trinajstić information content (AvgIpc) is 2.39. The third kappa shape index (κ3) is 5.10. The van der Waals surface area contributed by atoms with Gasteiger partial charge in [0.05, 0.1) is 13.2 Å². The predicted octanol–water partition coefficient (Wildman–Crippen LogP) is 2.79. The molecule has 0 N–H and O–H groups in total. The highest BCUT2D eigenvalue weighted by Crippen LogP contribution is 2.15. The lowest BCUT2D eigenvalue weighted by atomic mass is 10.2. The van der Waals surface area contributed by atoms with Gasteiger partial charge in [0.2, 0.25) is 0 Å². The Morgan fingerprint density at radius 3 is 2.44 bits per heavy atom. The summed E-state index contributed by atoms with van der Waals surface area (Å²) >= 11 is 1.73. The van der Waals surface area contributed by atoms with Crippen molar-refractivity contribution in [3.8, 4) is 0 Å². The first kappa shape index (κ1) is 15.1. The van der Waals surface area contributed by atoms with Crippen LogP contribution in [-0.2, 0) is 16.1 Å². The molecule has 0 saturated carbocycles. The average molecular weight is 267 g/mol. The van der Waals surface area contributed by atoms with Gasteiger partial charge in [-0.2, -0.15) is 0 Å². The van der Waals surface area contributed by atoms with Crippen molar-refractivity contribution < 1.29 is 9.53 Å². The van der Waals surface area contributed by atoms with Gasteiger partial charge in [-0.15, -0.1) is 11.8 Å². The third-order valence-electron chi connectivity index (χ3n) is 2.67. The number of carbonyl (C=O) groups excluding carboxylic acids is 1. The van der Waals surface area contributed by atoms with E-state index in [1.807, 2.05) is 6.92 Å². The molecule has 0 atom stereocenters. The lowest BCUT2D eigenvalue weighted by molar-refractivity contribution is -0.144. The molecule has 1 aromatic rings. The number of rotatable bonds is 7. The molecule has 4 heteroatoms. The highest BCUT2D eigenvalue weighted by molar-refractivity contribution is 7.98. The Balaban J connectivity index is 2.53. The minimum Gasteiger partial charge on any atom is -0.465 e. The molecule has 3 nitrogen and oxygen atoms in total. The fourth-order valence-electron chi connectivity index (χ4n) is 1.66. The largest absolute Gasteiger partial charge is 0.465 e. The first-order valence-corrected chi connectivity index (χ1v) is 7.43. The van der Waals surface area contributed by atoms with Crippen molar-refractivity contribution in [2.24, 2.45) is 0 Å². The van der Waals surface area contributed by atoms with Crippen molar-refractivity contribution in [1.29, 1.82) is 0 Å². The number of thioether (sulfide) groups is 1. The van der Waals surface area contributed by atoms with E-state index in [9.17, 15) is 4.79 Å². The minimum absolute atomic E-state index is 0.153. The zero-order valence-electron chi connectivity index (χ0n) is 11.3. The second-order valence-corrected chi connectivity index (χ2v) is 4.84. The van der Waals surface area contributed by atoms with Gasteiger partial charge < -0.3 is 4.74 Å². The van der Waals surface area contributed by atoms with Gasteiger partial charge >= 0.3 is 5.97 Å². The van der Waals surface area contributed by atoms with Gasteiger partial charge in [0.25, 0.3) is 0 Å². The number of nitrogens with zero attached hydrogens (tertiary/aromatic N) is 1. The number of ether oxygens (including phenoxy) is 1. The Labute approximate surface area is 114 Å². The first-order chi connectivity index (χ1) is 8.69. The molecule has 0 heterocycles. The van der Waals surface area contributed by atoms with Crippen LogP contribution in [0.1, 0.15) is 19.4 Å². The molecule has 100 valence electrons. The standard InChI is InChI=1S/C14H21NO2S/c1-4-15(11-14(16)17-5-2)10-12-6-8-13(18-3)9-7-12/h6-9H,4-5,10-11H2,1-3H3. The van der Waals surface area contributed by atoms with Crippen LogP contribution in [0.5, 0.6) is 0 Å². The molecule has 0 aliphatic heterocycles. The molecule has 1 rings (SSSR count). The van der Waals surface area contributed by atoms with Crippen LogP contribution >= 0.6 is 11.8 Å². The van der Waals surface area contributed by atoms with E-state index in [0.29, 0.717) is 13.2 Å². The fourth-order valence-corrected chi connectivity index (χ4v) is 2.07. The Kier molecular flexibility index (Phi) is 6.83. The van der Waals surface area contributed by atoms with E-state index >= 15 is 0 Å². The van der Waals surface area contributed by atoms with Crippen molar-refractivity contribution >= 4 is 17.7 Å². The number of carbonyl (C=O) groups is 1. The molecule has 0 aliphatic carbocycles. The smallest absolute Gasteiger partial charge is 0.320 e. The predicted molar refractivity (Wildman–Crippen MR) is 75.8 cm³/mol. The summed E-state index contributed by atoms with van der Waals surface area (Å²) in [6.45, 7) is 6.30. The first-order valence-electron chi connectivity index (χ1n) is 6.20. The lowest BCUT2D eigenvalue weighted by Crippen LogP contribution is -2.30. The van der Waals surface area contributed by atoms with Crippen LogP contribution in [0.4, 0.5) is 0 Å². The Morgan fingerprint density at radius 2 is 1.94 bits per heavy atom. The van der Waals surface area contributed by atoms with Gasteiger partial charge in [-0.25, -0.2) is 0 Å². The molecule has 0 saturated heterocycles. The molecule has 0 aromatic heterocycles. The summed E-state index contributed by atoms with van der Waals surface area (Å²) in [5.74, 6) is -0.153. The van der Waals surface area contributed by atoms with E-state index < -0.39 is 0 Å². The summed E-state index contributed by atoms with van der Waals surface area (Å²) in [6, 6.07) is 8.44. The van der Waals surface area contributed by atoms with E-state index in [4.69, 9.17) is 4.74 Å². The molecule has 0 unspecified atom stereocenters. The molecule has 1 aromatic carbocycles. The van der Waals surface area contributed by atoms with Gasteiger partial charge in [-0.1, -0.05) is 19.1 Å². The van der Waals surface area contributed by atoms with Crippen molar-refractivity contribution in [2.45, 2.75) is 25.3 Å². The van der Waals surface area contributed by atoms with Gasteiger partial charge in [0, 0.05) is 11.4 Å². The van der Waals surface area contributed by atoms with Crippen LogP contribution in [0.3, 0.4) is 0 Å². The number of esters is 1. The maximum Gasteiger partial charge on any atom is 0.320 e. The summed E-state index contributed by atoms with van der Waals surface area (Å²) in [5.41, 5.74) is 1.22. The van der Waals surface area contributed by atoms with Crippen molar-refractivity contribution in [1.82, 2.24) is 4.90 Å². The third-order valence-corrected chi connectivity index (χ3v) is 3.41. The highest BCUT2D eigenvalue weighted by Gasteiger charge is 2.10. The van der Waals surface area contributed by atoms with E-state index in [1.54, 1.807) is 11.8 Å². The minimum atomic E-state index is -0.153. The van der Waals surface area contributed by atoms with E-state index in [-0.39, 0.29) is 5.97 Å². The molecular formula is C14H21NO2S. The Bertz CT molecular complexity index is 365. The summed E-state index contributed by atoms with van der Waals surface area (Å²) in [6.07, 6.45) is 2.06. The number of likely N-dealkylation sites (N-methyl/N-ethyl adjacent to an activating group) is 1. The molecule has 0 radical (unpaired) electrons. The van der Waals surface area contributed by atoms with Crippen LogP contribution in [-0.4, -0.2) is 36.8 Å². The number of benzene rings is 1. The van der Waals surface area contributed by atoms with Crippen LogP contribution in [0.2, 0.25) is 0 Å². The summed E-state index contributed by atoms with van der Waals surface area (Å²) < 4.78 is 4.96. The van der Waals surface area contributed by atoms with Gasteiger partial charge in [-0.3, -0.25) is 9.69 Å². The van der Waals surface area contributed by atoms with Crippen molar-refractivity contribution in [3.05, 3.63) is 29.8 Å². The normalized spacial score (nSPS) is 10.7. The molecule has 0 amide bonds. The molecule has 0 aliphatic rings. The van der Waals surface area contributed by atoms with E-state index in [2.05, 4.69) is 42.3 Å². The molecule has 0 bridgehead atoms. The Morgan fingerprint density at radius 1 is 1.28 bits per heavy atom. The second kappa shape index (κ2) is 8.16. The fraction of sp³-hybridized carbons (Fsp3) is 0.500. The van der Waals surface area contributed by atoms with Gasteiger partial charge in [0.15, 0.2) is 0 Å². The summed E-state index contributed by atoms with van der Waals surface area (Å²) in [7, 11) is 0. The van der Waals surface area contributed by atoms with Gasteiger partial charge in [-0.05, 0) is 37.4 Å². The van der Waals surface area contributed by atoms with Crippen LogP contribution in [0.25, 0.3) is 0 Å². The van der Waals surface area contributed by atoms with Crippen LogP contribution < -0.4 is 0 Å². The number of hydrogen-bond acceptors (Lipinski definition) is 4. The van der Waals surface area contributed by atoms with E-state index in [0.717, 1.165) is 13.1 Å². The monoisotopic (exact) mass is 267 g/mol. The SMILES string of the molecule is CCOC(=O)CN(CC)Cc1ccc(SC)cc1. The Hall–Kier alpha value is -1.00. The van der Waals surface area contributed by atoms with Crippen molar-refractivity contribution in [3.63, 3.8) is 0 Å². The zero-order valence-corrected chi connectivity index (χ0v) is 12.1. The number of hydrogen-bond donors (Lipinski definition) is 0. The maximum absolute atomic E-state index is 11.4. The summed E-state index contributed by atoms with van der Waals surface area (Å²) in [5, 5.41) is 0. The zero-order chi connectivity index (χ0) is 13.4.